The maximum Gasteiger partial charge on any atom is 0.329 e. The van der Waals surface area contributed by atoms with Gasteiger partial charge in [-0.15, -0.1) is 0 Å². The van der Waals surface area contributed by atoms with Crippen LogP contribution in [-0.4, -0.2) is 39.3 Å². The zero-order valence-electron chi connectivity index (χ0n) is 14.0. The second-order valence-corrected chi connectivity index (χ2v) is 6.00. The molecule has 2 heterocycles. The molecule has 0 spiro atoms. The van der Waals surface area contributed by atoms with Gasteiger partial charge in [-0.3, -0.25) is 9.69 Å². The molecule has 3 rings (SSSR count). The minimum Gasteiger partial charge on any atom is -0.464 e. The van der Waals surface area contributed by atoms with Crippen LogP contribution < -0.4 is 4.90 Å². The van der Waals surface area contributed by atoms with Crippen LogP contribution in [0.2, 0.25) is 0 Å². The molecule has 0 aliphatic carbocycles. The third kappa shape index (κ3) is 2.89. The van der Waals surface area contributed by atoms with Gasteiger partial charge >= 0.3 is 5.97 Å². The lowest BCUT2D eigenvalue weighted by atomic mass is 10.0. The first-order valence-corrected chi connectivity index (χ1v) is 7.87. The number of cyclic esters (lactones) is 1. The highest BCUT2D eigenvalue weighted by Crippen LogP contribution is 2.31. The van der Waals surface area contributed by atoms with Gasteiger partial charge in [-0.2, -0.15) is 5.10 Å². The number of aryl methyl sites for hydroxylation is 2. The number of carbonyl (C=O) groups is 2. The molecule has 2 aromatic rings. The Labute approximate surface area is 140 Å². The van der Waals surface area contributed by atoms with Crippen LogP contribution in [0.15, 0.2) is 24.8 Å². The number of amides is 1. The Morgan fingerprint density at radius 1 is 1.33 bits per heavy atom. The number of carbonyl (C=O) groups excluding carboxylic acids is 2. The van der Waals surface area contributed by atoms with Crippen LogP contribution in [0, 0.1) is 20.8 Å². The van der Waals surface area contributed by atoms with Crippen LogP contribution >= 0.6 is 0 Å². The van der Waals surface area contributed by atoms with E-state index in [2.05, 4.69) is 10.1 Å². The zero-order valence-corrected chi connectivity index (χ0v) is 14.0. The molecule has 1 atom stereocenters. The summed E-state index contributed by atoms with van der Waals surface area (Å²) in [4.78, 5) is 30.6. The molecule has 1 aromatic heterocycles. The number of anilines is 1. The molecule has 0 saturated carbocycles. The predicted molar refractivity (Wildman–Crippen MR) is 87.5 cm³/mol. The topological polar surface area (TPSA) is 77.3 Å². The Hall–Kier alpha value is -2.70. The molecule has 1 saturated heterocycles. The number of rotatable bonds is 4. The van der Waals surface area contributed by atoms with Crippen molar-refractivity contribution in [3.63, 3.8) is 0 Å². The van der Waals surface area contributed by atoms with E-state index in [1.807, 2.05) is 32.9 Å². The van der Waals surface area contributed by atoms with Gasteiger partial charge in [0.05, 0.1) is 12.3 Å². The molecule has 126 valence electrons. The SMILES string of the molecule is Cc1ccc(C)c(N(C(=O)Cn2cncn2)C2CCOC2=O)c1C. The molecule has 1 aromatic carbocycles. The van der Waals surface area contributed by atoms with Crippen LogP contribution in [0.5, 0.6) is 0 Å². The van der Waals surface area contributed by atoms with Crippen molar-refractivity contribution in [3.8, 4) is 0 Å². The molecule has 1 aliphatic rings. The number of hydrogen-bond acceptors (Lipinski definition) is 5. The van der Waals surface area contributed by atoms with E-state index in [-0.39, 0.29) is 18.4 Å². The van der Waals surface area contributed by atoms with Gasteiger partial charge in [0, 0.05) is 6.42 Å². The number of hydrogen-bond donors (Lipinski definition) is 0. The fourth-order valence-corrected chi connectivity index (χ4v) is 3.01. The predicted octanol–water partition coefficient (Wildman–Crippen LogP) is 1.55. The molecule has 1 aliphatic heterocycles. The molecule has 7 nitrogen and oxygen atoms in total. The van der Waals surface area contributed by atoms with Crippen molar-refractivity contribution in [1.29, 1.82) is 0 Å². The minimum absolute atomic E-state index is 0.0244. The van der Waals surface area contributed by atoms with Gasteiger partial charge in [-0.1, -0.05) is 12.1 Å². The largest absolute Gasteiger partial charge is 0.464 e. The standard InChI is InChI=1S/C17H20N4O3/c1-11-4-5-12(2)16(13(11)3)21(14-6-7-24-17(14)23)15(22)8-20-10-18-9-19-20/h4-5,9-10,14H,6-8H2,1-3H3. The fraction of sp³-hybridized carbons (Fsp3) is 0.412. The summed E-state index contributed by atoms with van der Waals surface area (Å²) >= 11 is 0. The van der Waals surface area contributed by atoms with Gasteiger partial charge in [0.1, 0.15) is 25.2 Å². The fourth-order valence-electron chi connectivity index (χ4n) is 3.01. The molecule has 7 heteroatoms. The van der Waals surface area contributed by atoms with Crippen LogP contribution in [0.1, 0.15) is 23.1 Å². The minimum atomic E-state index is -0.597. The van der Waals surface area contributed by atoms with E-state index in [9.17, 15) is 9.59 Å². The van der Waals surface area contributed by atoms with Gasteiger partial charge in [0.25, 0.3) is 0 Å². The summed E-state index contributed by atoms with van der Waals surface area (Å²) in [5, 5.41) is 3.98. The molecule has 0 bridgehead atoms. The first-order valence-electron chi connectivity index (χ1n) is 7.87. The van der Waals surface area contributed by atoms with Crippen molar-refractivity contribution >= 4 is 17.6 Å². The molecule has 0 radical (unpaired) electrons. The van der Waals surface area contributed by atoms with Crippen LogP contribution in [0.4, 0.5) is 5.69 Å². The van der Waals surface area contributed by atoms with Crippen LogP contribution in [0.25, 0.3) is 0 Å². The number of benzene rings is 1. The second-order valence-electron chi connectivity index (χ2n) is 6.00. The van der Waals surface area contributed by atoms with E-state index in [0.717, 1.165) is 22.4 Å². The highest BCUT2D eigenvalue weighted by Gasteiger charge is 2.37. The lowest BCUT2D eigenvalue weighted by Gasteiger charge is -2.30. The normalized spacial score (nSPS) is 17.0. The highest BCUT2D eigenvalue weighted by atomic mass is 16.5. The van der Waals surface area contributed by atoms with Crippen molar-refractivity contribution in [1.82, 2.24) is 14.8 Å². The van der Waals surface area contributed by atoms with Gasteiger partial charge in [0.15, 0.2) is 0 Å². The van der Waals surface area contributed by atoms with Crippen molar-refractivity contribution < 1.29 is 14.3 Å². The Bertz CT molecular complexity index is 770. The Kier molecular flexibility index (Phi) is 4.33. The molecular weight excluding hydrogens is 308 g/mol. The van der Waals surface area contributed by atoms with E-state index < -0.39 is 6.04 Å². The van der Waals surface area contributed by atoms with Gasteiger partial charge in [-0.05, 0) is 37.5 Å². The maximum atomic E-state index is 13.0. The van der Waals surface area contributed by atoms with Crippen molar-refractivity contribution in [2.45, 2.75) is 39.8 Å². The first kappa shape index (κ1) is 16.2. The summed E-state index contributed by atoms with van der Waals surface area (Å²) in [5.74, 6) is -0.566. The van der Waals surface area contributed by atoms with Crippen LogP contribution in [-0.2, 0) is 20.9 Å². The van der Waals surface area contributed by atoms with E-state index in [0.29, 0.717) is 13.0 Å². The monoisotopic (exact) mass is 328 g/mol. The maximum absolute atomic E-state index is 13.0. The Balaban J connectivity index is 2.04. The van der Waals surface area contributed by atoms with Gasteiger partial charge in [0.2, 0.25) is 5.91 Å². The van der Waals surface area contributed by atoms with E-state index in [4.69, 9.17) is 4.74 Å². The summed E-state index contributed by atoms with van der Waals surface area (Å²) in [7, 11) is 0. The molecule has 0 N–H and O–H groups in total. The highest BCUT2D eigenvalue weighted by molar-refractivity contribution is 6.01. The number of esters is 1. The lowest BCUT2D eigenvalue weighted by Crippen LogP contribution is -2.45. The molecule has 1 fully saturated rings. The van der Waals surface area contributed by atoms with E-state index in [1.165, 1.54) is 17.3 Å². The molecule has 24 heavy (non-hydrogen) atoms. The quantitative estimate of drug-likeness (QED) is 0.796. The van der Waals surface area contributed by atoms with Crippen molar-refractivity contribution in [2.24, 2.45) is 0 Å². The summed E-state index contributed by atoms with van der Waals surface area (Å²) in [6.07, 6.45) is 3.36. The number of ether oxygens (including phenoxy) is 1. The number of aromatic nitrogens is 3. The molecule has 1 unspecified atom stereocenters. The second kappa shape index (κ2) is 6.43. The average molecular weight is 328 g/mol. The number of nitrogens with zero attached hydrogens (tertiary/aromatic N) is 4. The first-order chi connectivity index (χ1) is 11.5. The summed E-state index contributed by atoms with van der Waals surface area (Å²) < 4.78 is 6.55. The zero-order chi connectivity index (χ0) is 17.3. The third-order valence-electron chi connectivity index (χ3n) is 4.40. The smallest absolute Gasteiger partial charge is 0.329 e. The van der Waals surface area contributed by atoms with Crippen LogP contribution in [0.3, 0.4) is 0 Å². The Morgan fingerprint density at radius 3 is 2.71 bits per heavy atom. The van der Waals surface area contributed by atoms with Gasteiger partial charge in [-0.25, -0.2) is 14.5 Å². The van der Waals surface area contributed by atoms with Crippen molar-refractivity contribution in [2.75, 3.05) is 11.5 Å². The molecule has 1 amide bonds. The third-order valence-corrected chi connectivity index (χ3v) is 4.40. The summed E-state index contributed by atoms with van der Waals surface area (Å²) in [5.41, 5.74) is 3.79. The molecular formula is C17H20N4O3. The van der Waals surface area contributed by atoms with E-state index in [1.54, 1.807) is 4.90 Å². The van der Waals surface area contributed by atoms with Gasteiger partial charge < -0.3 is 4.74 Å². The van der Waals surface area contributed by atoms with E-state index >= 15 is 0 Å². The Morgan fingerprint density at radius 2 is 2.08 bits per heavy atom. The summed E-state index contributed by atoms with van der Waals surface area (Å²) in [6, 6.07) is 3.38. The average Bonchev–Trinajstić information content (AvgIpc) is 3.19. The summed E-state index contributed by atoms with van der Waals surface area (Å²) in [6.45, 7) is 6.26. The van der Waals surface area contributed by atoms with Crippen molar-refractivity contribution in [3.05, 3.63) is 41.5 Å². The lowest BCUT2D eigenvalue weighted by molar-refractivity contribution is -0.140.